The molecule has 212 valence electrons. The third-order valence-electron chi connectivity index (χ3n) is 8.35. The lowest BCUT2D eigenvalue weighted by Gasteiger charge is -2.25. The highest BCUT2D eigenvalue weighted by atomic mass is 16.7. The summed E-state index contributed by atoms with van der Waals surface area (Å²) >= 11 is 0. The number of ketones is 1. The SMILES string of the molecule is COc1c(C)cc(C(c2cc(C)c(OC)c(C)c2)N2[C@H](C(=O)CCC3(C)OCCO3)[C@@H]2c2ccccc2)cc1C. The fourth-order valence-electron chi connectivity index (χ4n) is 6.58. The summed E-state index contributed by atoms with van der Waals surface area (Å²) in [4.78, 5) is 16.3. The molecule has 0 saturated carbocycles. The van der Waals surface area contributed by atoms with Gasteiger partial charge in [0.05, 0.1) is 45.6 Å². The number of Topliss-reactive ketones (excluding diaryl/α,β-unsaturated/α-hetero) is 1. The first-order chi connectivity index (χ1) is 19.2. The Hall–Kier alpha value is -3.19. The third-order valence-corrected chi connectivity index (χ3v) is 8.35. The summed E-state index contributed by atoms with van der Waals surface area (Å²) in [6, 6.07) is 18.8. The van der Waals surface area contributed by atoms with Crippen LogP contribution in [0.15, 0.2) is 54.6 Å². The van der Waals surface area contributed by atoms with E-state index in [1.54, 1.807) is 14.2 Å². The summed E-state index contributed by atoms with van der Waals surface area (Å²) in [5.74, 6) is 1.31. The van der Waals surface area contributed by atoms with Gasteiger partial charge in [0.15, 0.2) is 11.6 Å². The molecule has 3 aromatic rings. The Labute approximate surface area is 238 Å². The lowest BCUT2D eigenvalue weighted by atomic mass is 9.92. The van der Waals surface area contributed by atoms with Crippen LogP contribution in [0.3, 0.4) is 0 Å². The van der Waals surface area contributed by atoms with Crippen molar-refractivity contribution < 1.29 is 23.7 Å². The highest BCUT2D eigenvalue weighted by molar-refractivity contribution is 5.88. The zero-order valence-electron chi connectivity index (χ0n) is 24.7. The van der Waals surface area contributed by atoms with Gasteiger partial charge in [-0.2, -0.15) is 0 Å². The molecule has 3 atom stereocenters. The fraction of sp³-hybridized carbons (Fsp3) is 0.441. The number of aryl methyl sites for hydroxylation is 4. The molecule has 2 fully saturated rings. The second-order valence-electron chi connectivity index (χ2n) is 11.3. The number of ether oxygens (including phenoxy) is 4. The molecule has 6 nitrogen and oxygen atoms in total. The third kappa shape index (κ3) is 5.40. The number of benzene rings is 3. The maximum atomic E-state index is 13.9. The van der Waals surface area contributed by atoms with Gasteiger partial charge in [-0.05, 0) is 73.6 Å². The maximum absolute atomic E-state index is 13.9. The van der Waals surface area contributed by atoms with Gasteiger partial charge in [0.25, 0.3) is 0 Å². The summed E-state index contributed by atoms with van der Waals surface area (Å²) in [5.41, 5.74) is 7.75. The van der Waals surface area contributed by atoms with Crippen molar-refractivity contribution in [3.05, 3.63) is 93.5 Å². The van der Waals surface area contributed by atoms with Crippen LogP contribution in [-0.4, -0.2) is 49.9 Å². The summed E-state index contributed by atoms with van der Waals surface area (Å²) in [6.45, 7) is 11.4. The van der Waals surface area contributed by atoms with Crippen molar-refractivity contribution in [2.24, 2.45) is 0 Å². The lowest BCUT2D eigenvalue weighted by Crippen LogP contribution is -2.28. The molecule has 2 aliphatic rings. The van der Waals surface area contributed by atoms with E-state index in [-0.39, 0.29) is 23.9 Å². The first kappa shape index (κ1) is 28.3. The molecule has 2 saturated heterocycles. The number of carbonyl (C=O) groups is 1. The number of hydrogen-bond donors (Lipinski definition) is 0. The van der Waals surface area contributed by atoms with Crippen LogP contribution in [0, 0.1) is 27.7 Å². The lowest BCUT2D eigenvalue weighted by molar-refractivity contribution is -0.151. The van der Waals surface area contributed by atoms with E-state index < -0.39 is 5.79 Å². The normalized spacial score (nSPS) is 21.4. The number of carbonyl (C=O) groups excluding carboxylic acids is 1. The quantitative estimate of drug-likeness (QED) is 0.270. The Kier molecular flexibility index (Phi) is 8.05. The zero-order chi connectivity index (χ0) is 28.6. The minimum atomic E-state index is -0.689. The Balaban J connectivity index is 1.59. The predicted molar refractivity (Wildman–Crippen MR) is 156 cm³/mol. The molecule has 5 rings (SSSR count). The van der Waals surface area contributed by atoms with Gasteiger partial charge in [-0.1, -0.05) is 54.6 Å². The van der Waals surface area contributed by atoms with Crippen LogP contribution in [0.25, 0.3) is 0 Å². The van der Waals surface area contributed by atoms with Crippen LogP contribution in [0.2, 0.25) is 0 Å². The van der Waals surface area contributed by atoms with Crippen LogP contribution in [0.5, 0.6) is 11.5 Å². The summed E-state index contributed by atoms with van der Waals surface area (Å²) in [6.07, 6.45) is 0.943. The van der Waals surface area contributed by atoms with E-state index >= 15 is 0 Å². The maximum Gasteiger partial charge on any atom is 0.166 e. The first-order valence-electron chi connectivity index (χ1n) is 14.1. The average molecular weight is 544 g/mol. The van der Waals surface area contributed by atoms with Gasteiger partial charge < -0.3 is 18.9 Å². The van der Waals surface area contributed by atoms with Crippen LogP contribution >= 0.6 is 0 Å². The summed E-state index contributed by atoms with van der Waals surface area (Å²) in [5, 5.41) is 0. The molecule has 6 heteroatoms. The zero-order valence-corrected chi connectivity index (χ0v) is 24.7. The monoisotopic (exact) mass is 543 g/mol. The molecule has 40 heavy (non-hydrogen) atoms. The Morgan fingerprint density at radius 2 is 1.35 bits per heavy atom. The second-order valence-corrected chi connectivity index (χ2v) is 11.3. The largest absolute Gasteiger partial charge is 0.496 e. The second kappa shape index (κ2) is 11.4. The van der Waals surface area contributed by atoms with E-state index in [0.717, 1.165) is 50.4 Å². The molecule has 1 unspecified atom stereocenters. The smallest absolute Gasteiger partial charge is 0.166 e. The molecule has 2 aliphatic heterocycles. The van der Waals surface area contributed by atoms with Crippen LogP contribution in [0.1, 0.15) is 70.8 Å². The summed E-state index contributed by atoms with van der Waals surface area (Å²) < 4.78 is 23.0. The molecule has 0 bridgehead atoms. The van der Waals surface area contributed by atoms with E-state index in [1.807, 2.05) is 25.1 Å². The van der Waals surface area contributed by atoms with Crippen molar-refractivity contribution in [2.75, 3.05) is 27.4 Å². The Morgan fingerprint density at radius 1 is 0.875 bits per heavy atom. The van der Waals surface area contributed by atoms with Crippen molar-refractivity contribution in [2.45, 2.75) is 71.4 Å². The molecular weight excluding hydrogens is 502 g/mol. The van der Waals surface area contributed by atoms with Crippen LogP contribution in [-0.2, 0) is 14.3 Å². The predicted octanol–water partition coefficient (Wildman–Crippen LogP) is 6.56. The Bertz CT molecular complexity index is 1270. The van der Waals surface area contributed by atoms with E-state index in [9.17, 15) is 4.79 Å². The van der Waals surface area contributed by atoms with Gasteiger partial charge >= 0.3 is 0 Å². The standard InChI is InChI=1S/C34H41NO5/c1-21-17-26(18-22(2)32(21)37-6)29(27-19-23(3)33(38-7)24(4)20-27)35-30(25-11-9-8-10-12-25)31(35)28(36)13-14-34(5)39-15-16-40-34/h8-12,17-20,29-31H,13-16H2,1-7H3/t30-,31+,35?/m0/s1. The molecule has 0 N–H and O–H groups in total. The van der Waals surface area contributed by atoms with E-state index in [1.165, 1.54) is 0 Å². The molecule has 0 aliphatic carbocycles. The van der Waals surface area contributed by atoms with Gasteiger partial charge in [0.2, 0.25) is 0 Å². The van der Waals surface area contributed by atoms with E-state index in [2.05, 4.69) is 69.0 Å². The Morgan fingerprint density at radius 3 is 1.80 bits per heavy atom. The molecular formula is C34H41NO5. The number of methoxy groups -OCH3 is 2. The minimum Gasteiger partial charge on any atom is -0.496 e. The minimum absolute atomic E-state index is 0.0256. The van der Waals surface area contributed by atoms with Crippen LogP contribution in [0.4, 0.5) is 0 Å². The average Bonchev–Trinajstić information content (AvgIpc) is 3.49. The molecule has 0 amide bonds. The highest BCUT2D eigenvalue weighted by Gasteiger charge is 2.56. The van der Waals surface area contributed by atoms with Gasteiger partial charge in [0, 0.05) is 12.8 Å². The van der Waals surface area contributed by atoms with Crippen molar-refractivity contribution in [1.82, 2.24) is 4.90 Å². The number of nitrogens with zero attached hydrogens (tertiary/aromatic N) is 1. The van der Waals surface area contributed by atoms with Crippen molar-refractivity contribution in [3.63, 3.8) is 0 Å². The van der Waals surface area contributed by atoms with Gasteiger partial charge in [-0.25, -0.2) is 0 Å². The van der Waals surface area contributed by atoms with Gasteiger partial charge in [-0.3, -0.25) is 9.69 Å². The molecule has 0 spiro atoms. The highest BCUT2D eigenvalue weighted by Crippen LogP contribution is 2.53. The van der Waals surface area contributed by atoms with Crippen molar-refractivity contribution in [1.29, 1.82) is 0 Å². The molecule has 2 heterocycles. The molecule has 3 aromatic carbocycles. The van der Waals surface area contributed by atoms with E-state index in [0.29, 0.717) is 26.1 Å². The number of rotatable bonds is 10. The van der Waals surface area contributed by atoms with Gasteiger partial charge in [0.1, 0.15) is 11.5 Å². The van der Waals surface area contributed by atoms with Crippen molar-refractivity contribution in [3.8, 4) is 11.5 Å². The van der Waals surface area contributed by atoms with E-state index in [4.69, 9.17) is 18.9 Å². The number of hydrogen-bond acceptors (Lipinski definition) is 6. The first-order valence-corrected chi connectivity index (χ1v) is 14.1. The fourth-order valence-corrected chi connectivity index (χ4v) is 6.58. The topological polar surface area (TPSA) is 57.0 Å². The van der Waals surface area contributed by atoms with Gasteiger partial charge in [-0.15, -0.1) is 0 Å². The summed E-state index contributed by atoms with van der Waals surface area (Å²) in [7, 11) is 3.43. The van der Waals surface area contributed by atoms with Crippen LogP contribution < -0.4 is 9.47 Å². The molecule has 0 aromatic heterocycles. The molecule has 0 radical (unpaired) electrons. The van der Waals surface area contributed by atoms with Crippen molar-refractivity contribution >= 4 is 5.78 Å².